The summed E-state index contributed by atoms with van der Waals surface area (Å²) in [6, 6.07) is 9.50. The lowest BCUT2D eigenvalue weighted by atomic mass is 10.3. The maximum Gasteiger partial charge on any atom is 0.271 e. The number of benzene rings is 2. The highest BCUT2D eigenvalue weighted by molar-refractivity contribution is 8.01. The predicted molar refractivity (Wildman–Crippen MR) is 110 cm³/mol. The molecule has 1 amide bonds. The Morgan fingerprint density at radius 1 is 1.36 bits per heavy atom. The molecular weight excluding hydrogens is 447 g/mol. The highest BCUT2D eigenvalue weighted by Gasteiger charge is 2.14. The summed E-state index contributed by atoms with van der Waals surface area (Å²) >= 11 is 13.6. The van der Waals surface area contributed by atoms with E-state index >= 15 is 0 Å². The van der Waals surface area contributed by atoms with E-state index < -0.39 is 10.8 Å². The number of anilines is 1. The van der Waals surface area contributed by atoms with Crippen molar-refractivity contribution < 1.29 is 14.1 Å². The standard InChI is InChI=1S/C16H10ClFN4O3S3/c17-12-6-5-11(22(24)25)7-13(12)19-14(23)8-27-15-20-21(16(26)28-15)10-3-1-9(18)2-4-10/h1-7H,8H2,(H,19,23). The van der Waals surface area contributed by atoms with Gasteiger partial charge in [-0.25, -0.2) is 9.07 Å². The van der Waals surface area contributed by atoms with Gasteiger partial charge in [0.1, 0.15) is 5.82 Å². The third kappa shape index (κ3) is 4.93. The fourth-order valence-corrected chi connectivity index (χ4v) is 4.43. The number of non-ortho nitro benzene ring substituents is 1. The monoisotopic (exact) mass is 456 g/mol. The van der Waals surface area contributed by atoms with Crippen molar-refractivity contribution >= 4 is 64.2 Å². The molecule has 0 spiro atoms. The number of halogens is 2. The Morgan fingerprint density at radius 2 is 2.07 bits per heavy atom. The van der Waals surface area contributed by atoms with Crippen LogP contribution in [0.5, 0.6) is 0 Å². The molecule has 0 aliphatic rings. The lowest BCUT2D eigenvalue weighted by molar-refractivity contribution is -0.384. The summed E-state index contributed by atoms with van der Waals surface area (Å²) in [5.74, 6) is -0.761. The molecule has 7 nitrogen and oxygen atoms in total. The zero-order chi connectivity index (χ0) is 20.3. The first kappa shape index (κ1) is 20.4. The second-order valence-electron chi connectivity index (χ2n) is 5.28. The lowest BCUT2D eigenvalue weighted by Gasteiger charge is -2.06. The summed E-state index contributed by atoms with van der Waals surface area (Å²) < 4.78 is 15.5. The van der Waals surface area contributed by atoms with Crippen molar-refractivity contribution in [2.45, 2.75) is 4.34 Å². The van der Waals surface area contributed by atoms with E-state index in [0.29, 0.717) is 14.0 Å². The summed E-state index contributed by atoms with van der Waals surface area (Å²) in [4.78, 5) is 22.4. The van der Waals surface area contributed by atoms with E-state index in [-0.39, 0.29) is 28.0 Å². The van der Waals surface area contributed by atoms with Crippen molar-refractivity contribution in [3.8, 4) is 5.69 Å². The van der Waals surface area contributed by atoms with Gasteiger partial charge in [0, 0.05) is 12.1 Å². The van der Waals surface area contributed by atoms with Gasteiger partial charge in [-0.05, 0) is 42.5 Å². The average molecular weight is 457 g/mol. The minimum absolute atomic E-state index is 0.00469. The number of nitrogens with zero attached hydrogens (tertiary/aromatic N) is 3. The first-order valence-electron chi connectivity index (χ1n) is 7.56. The van der Waals surface area contributed by atoms with Crippen LogP contribution in [0.1, 0.15) is 0 Å². The Kier molecular flexibility index (Phi) is 6.39. The van der Waals surface area contributed by atoms with Crippen molar-refractivity contribution in [2.24, 2.45) is 0 Å². The molecule has 0 radical (unpaired) electrons. The number of nitro groups is 1. The zero-order valence-corrected chi connectivity index (χ0v) is 17.0. The van der Waals surface area contributed by atoms with Gasteiger partial charge in [-0.3, -0.25) is 14.9 Å². The Morgan fingerprint density at radius 3 is 2.75 bits per heavy atom. The zero-order valence-electron chi connectivity index (χ0n) is 13.8. The van der Waals surface area contributed by atoms with Crippen molar-refractivity contribution in [2.75, 3.05) is 11.1 Å². The van der Waals surface area contributed by atoms with Gasteiger partial charge in [0.25, 0.3) is 5.69 Å². The molecular formula is C16H10ClFN4O3S3. The van der Waals surface area contributed by atoms with Gasteiger partial charge in [-0.15, -0.1) is 5.10 Å². The van der Waals surface area contributed by atoms with E-state index in [9.17, 15) is 19.3 Å². The van der Waals surface area contributed by atoms with Crippen molar-refractivity contribution in [3.05, 3.63) is 67.4 Å². The van der Waals surface area contributed by atoms with Crippen LogP contribution >= 0.6 is 46.9 Å². The summed E-state index contributed by atoms with van der Waals surface area (Å²) in [7, 11) is 0. The topological polar surface area (TPSA) is 90.1 Å². The highest BCUT2D eigenvalue weighted by Crippen LogP contribution is 2.28. The number of hydrogen-bond donors (Lipinski definition) is 1. The maximum absolute atomic E-state index is 13.0. The molecule has 3 rings (SSSR count). The molecule has 28 heavy (non-hydrogen) atoms. The quantitative estimate of drug-likeness (QED) is 0.240. The third-order valence-corrected chi connectivity index (χ3v) is 6.06. The van der Waals surface area contributed by atoms with Gasteiger partial charge in [0.2, 0.25) is 5.91 Å². The number of nitrogens with one attached hydrogen (secondary N) is 1. The minimum atomic E-state index is -0.574. The van der Waals surface area contributed by atoms with Crippen LogP contribution in [0.4, 0.5) is 15.8 Å². The SMILES string of the molecule is O=C(CSc1nn(-c2ccc(F)cc2)c(=S)s1)Nc1cc([N+](=O)[O-])ccc1Cl. The molecule has 0 saturated heterocycles. The van der Waals surface area contributed by atoms with Crippen LogP contribution in [-0.2, 0) is 4.79 Å². The molecule has 3 aromatic rings. The molecule has 0 fully saturated rings. The fraction of sp³-hybridized carbons (Fsp3) is 0.0625. The molecule has 0 aliphatic heterocycles. The van der Waals surface area contributed by atoms with Gasteiger partial charge in [-0.1, -0.05) is 34.7 Å². The van der Waals surface area contributed by atoms with Gasteiger partial charge < -0.3 is 5.32 Å². The Bertz CT molecular complexity index is 1100. The summed E-state index contributed by atoms with van der Waals surface area (Å²) in [5.41, 5.74) is 0.594. The number of aromatic nitrogens is 2. The molecule has 1 aromatic heterocycles. The van der Waals surface area contributed by atoms with Gasteiger partial charge in [0.05, 0.1) is 27.1 Å². The lowest BCUT2D eigenvalue weighted by Crippen LogP contribution is -2.14. The van der Waals surface area contributed by atoms with Gasteiger partial charge >= 0.3 is 0 Å². The third-order valence-electron chi connectivity index (χ3n) is 3.36. The predicted octanol–water partition coefficient (Wildman–Crippen LogP) is 5.09. The Hall–Kier alpha value is -2.34. The molecule has 0 atom stereocenters. The smallest absolute Gasteiger partial charge is 0.271 e. The number of hydrogen-bond acceptors (Lipinski definition) is 7. The van der Waals surface area contributed by atoms with Crippen molar-refractivity contribution in [3.63, 3.8) is 0 Å². The highest BCUT2D eigenvalue weighted by atomic mass is 35.5. The number of carbonyl (C=O) groups is 1. The van der Waals surface area contributed by atoms with Gasteiger partial charge in [-0.2, -0.15) is 0 Å². The first-order chi connectivity index (χ1) is 13.3. The van der Waals surface area contributed by atoms with Crippen LogP contribution in [0.25, 0.3) is 5.69 Å². The average Bonchev–Trinajstić information content (AvgIpc) is 3.03. The summed E-state index contributed by atoms with van der Waals surface area (Å²) in [5, 5.41) is 17.9. The van der Waals surface area contributed by atoms with E-state index in [0.717, 1.165) is 11.8 Å². The first-order valence-corrected chi connectivity index (χ1v) is 10.1. The van der Waals surface area contributed by atoms with Crippen LogP contribution in [0, 0.1) is 19.9 Å². The fourth-order valence-electron chi connectivity index (χ4n) is 2.10. The second-order valence-corrected chi connectivity index (χ2v) is 8.53. The number of carbonyl (C=O) groups excluding carboxylic acids is 1. The molecule has 0 aliphatic carbocycles. The Balaban J connectivity index is 1.66. The molecule has 0 bridgehead atoms. The van der Waals surface area contributed by atoms with E-state index in [1.807, 2.05) is 0 Å². The van der Waals surface area contributed by atoms with Crippen LogP contribution in [0.3, 0.4) is 0 Å². The van der Waals surface area contributed by atoms with Gasteiger partial charge in [0.15, 0.2) is 8.29 Å². The molecule has 144 valence electrons. The van der Waals surface area contributed by atoms with E-state index in [1.54, 1.807) is 12.1 Å². The van der Waals surface area contributed by atoms with Crippen LogP contribution in [0.15, 0.2) is 46.8 Å². The number of nitro benzene ring substituents is 1. The largest absolute Gasteiger partial charge is 0.324 e. The van der Waals surface area contributed by atoms with E-state index in [4.69, 9.17) is 23.8 Å². The Labute approximate surface area is 176 Å². The van der Waals surface area contributed by atoms with Crippen molar-refractivity contribution in [1.82, 2.24) is 9.78 Å². The van der Waals surface area contributed by atoms with E-state index in [2.05, 4.69) is 10.4 Å². The normalized spacial score (nSPS) is 10.6. The molecule has 1 heterocycles. The molecule has 0 saturated carbocycles. The summed E-state index contributed by atoms with van der Waals surface area (Å²) in [6.45, 7) is 0. The van der Waals surface area contributed by atoms with E-state index in [1.165, 1.54) is 46.4 Å². The molecule has 12 heteroatoms. The number of amides is 1. The number of thioether (sulfide) groups is 1. The molecule has 0 unspecified atom stereocenters. The van der Waals surface area contributed by atoms with Crippen LogP contribution in [0.2, 0.25) is 5.02 Å². The van der Waals surface area contributed by atoms with Crippen LogP contribution in [-0.4, -0.2) is 26.4 Å². The number of rotatable bonds is 6. The van der Waals surface area contributed by atoms with Crippen molar-refractivity contribution in [1.29, 1.82) is 0 Å². The second kappa shape index (κ2) is 8.78. The van der Waals surface area contributed by atoms with Crippen LogP contribution < -0.4 is 5.32 Å². The molecule has 2 aromatic carbocycles. The maximum atomic E-state index is 13.0. The molecule has 1 N–H and O–H groups in total. The minimum Gasteiger partial charge on any atom is -0.324 e. The summed E-state index contributed by atoms with van der Waals surface area (Å²) in [6.07, 6.45) is 0.